The van der Waals surface area contributed by atoms with Crippen LogP contribution in [0.5, 0.6) is 11.6 Å². The molecule has 1 saturated heterocycles. The predicted octanol–water partition coefficient (Wildman–Crippen LogP) is 2.46. The lowest BCUT2D eigenvalue weighted by molar-refractivity contribution is -0.135. The molecular weight excluding hydrogens is 418 g/mol. The number of hydrogen-bond acceptors (Lipinski definition) is 6. The van der Waals surface area contributed by atoms with Crippen LogP contribution in [0.3, 0.4) is 0 Å². The van der Waals surface area contributed by atoms with E-state index in [9.17, 15) is 13.2 Å². The lowest BCUT2D eigenvalue weighted by Crippen LogP contribution is -2.43. The fraction of sp³-hybridized carbons (Fsp3) is 0.455. The Morgan fingerprint density at radius 1 is 1.10 bits per heavy atom. The fourth-order valence-corrected chi connectivity index (χ4v) is 5.09. The average molecular weight is 446 g/mol. The summed E-state index contributed by atoms with van der Waals surface area (Å²) in [4.78, 5) is 18.4. The van der Waals surface area contributed by atoms with Gasteiger partial charge in [0.1, 0.15) is 11.9 Å². The Morgan fingerprint density at radius 3 is 2.42 bits per heavy atom. The molecule has 1 amide bonds. The van der Waals surface area contributed by atoms with Gasteiger partial charge in [0, 0.05) is 39.0 Å². The van der Waals surface area contributed by atoms with Crippen molar-refractivity contribution >= 4 is 21.6 Å². The quantitative estimate of drug-likeness (QED) is 0.620. The van der Waals surface area contributed by atoms with Crippen LogP contribution in [0, 0.1) is 0 Å². The highest BCUT2D eigenvalue weighted by atomic mass is 32.2. The number of rotatable bonds is 8. The maximum Gasteiger partial charge on any atom is 0.260 e. The molecular formula is C22H27N3O5S. The summed E-state index contributed by atoms with van der Waals surface area (Å²) in [6, 6.07) is 12.7. The van der Waals surface area contributed by atoms with Gasteiger partial charge in [0.25, 0.3) is 5.91 Å². The van der Waals surface area contributed by atoms with Gasteiger partial charge in [0.15, 0.2) is 6.61 Å². The van der Waals surface area contributed by atoms with Gasteiger partial charge >= 0.3 is 0 Å². The Balaban J connectivity index is 1.24. The van der Waals surface area contributed by atoms with Crippen molar-refractivity contribution in [3.8, 4) is 11.6 Å². The van der Waals surface area contributed by atoms with Crippen LogP contribution in [0.4, 0.5) is 5.69 Å². The van der Waals surface area contributed by atoms with Crippen LogP contribution in [-0.2, 0) is 14.8 Å². The largest absolute Gasteiger partial charge is 0.484 e. The molecule has 2 aromatic rings. The zero-order valence-corrected chi connectivity index (χ0v) is 18.3. The van der Waals surface area contributed by atoms with Crippen molar-refractivity contribution in [1.82, 2.24) is 9.88 Å². The van der Waals surface area contributed by atoms with E-state index in [4.69, 9.17) is 9.47 Å². The molecule has 1 aliphatic carbocycles. The topological polar surface area (TPSA) is 89.0 Å². The first-order valence-electron chi connectivity index (χ1n) is 10.5. The fourth-order valence-electron chi connectivity index (χ4n) is 3.51. The van der Waals surface area contributed by atoms with Crippen LogP contribution < -0.4 is 13.8 Å². The summed E-state index contributed by atoms with van der Waals surface area (Å²) in [7, 11) is -1.74. The third kappa shape index (κ3) is 5.28. The minimum atomic E-state index is -3.29. The maximum atomic E-state index is 12.4. The van der Waals surface area contributed by atoms with Gasteiger partial charge in [0.05, 0.1) is 17.1 Å². The van der Waals surface area contributed by atoms with E-state index in [0.29, 0.717) is 43.2 Å². The highest BCUT2D eigenvalue weighted by Gasteiger charge is 2.39. The van der Waals surface area contributed by atoms with Crippen LogP contribution in [0.25, 0.3) is 0 Å². The minimum absolute atomic E-state index is 0.0236. The third-order valence-corrected chi connectivity index (χ3v) is 7.89. The van der Waals surface area contributed by atoms with Crippen LogP contribution in [0.1, 0.15) is 25.7 Å². The van der Waals surface area contributed by atoms with E-state index < -0.39 is 10.0 Å². The van der Waals surface area contributed by atoms with E-state index in [1.54, 1.807) is 24.1 Å². The zero-order chi connectivity index (χ0) is 21.8. The number of likely N-dealkylation sites (tertiary alicyclic amines) is 1. The van der Waals surface area contributed by atoms with Gasteiger partial charge in [-0.3, -0.25) is 9.10 Å². The van der Waals surface area contributed by atoms with Gasteiger partial charge in [0.2, 0.25) is 15.9 Å². The molecule has 31 heavy (non-hydrogen) atoms. The second-order valence-corrected chi connectivity index (χ2v) is 10.1. The molecule has 0 atom stereocenters. The predicted molar refractivity (Wildman–Crippen MR) is 117 cm³/mol. The van der Waals surface area contributed by atoms with E-state index in [0.717, 1.165) is 12.8 Å². The number of piperidine rings is 1. The van der Waals surface area contributed by atoms with Crippen molar-refractivity contribution in [2.24, 2.45) is 0 Å². The van der Waals surface area contributed by atoms with Crippen molar-refractivity contribution in [2.75, 3.05) is 31.0 Å². The molecule has 9 heteroatoms. The molecule has 8 nitrogen and oxygen atoms in total. The molecule has 1 aromatic carbocycles. The number of sulfonamides is 1. The number of aromatic nitrogens is 1. The third-order valence-electron chi connectivity index (χ3n) is 5.60. The van der Waals surface area contributed by atoms with Gasteiger partial charge in [-0.05, 0) is 31.0 Å². The van der Waals surface area contributed by atoms with Crippen LogP contribution in [0.2, 0.25) is 0 Å². The first-order chi connectivity index (χ1) is 14.9. The molecule has 0 bridgehead atoms. The van der Waals surface area contributed by atoms with E-state index in [2.05, 4.69) is 4.98 Å². The molecule has 0 radical (unpaired) electrons. The number of para-hydroxylation sites is 1. The lowest BCUT2D eigenvalue weighted by Gasteiger charge is -2.32. The number of ether oxygens (including phenoxy) is 2. The molecule has 166 valence electrons. The van der Waals surface area contributed by atoms with Crippen LogP contribution >= 0.6 is 0 Å². The van der Waals surface area contributed by atoms with Gasteiger partial charge in [-0.1, -0.05) is 18.2 Å². The summed E-state index contributed by atoms with van der Waals surface area (Å²) in [5.41, 5.74) is 0.526. The molecule has 2 heterocycles. The maximum absolute atomic E-state index is 12.4. The minimum Gasteiger partial charge on any atom is -0.484 e. The molecule has 0 N–H and O–H groups in total. The van der Waals surface area contributed by atoms with Gasteiger partial charge < -0.3 is 14.4 Å². The Labute approximate surface area is 182 Å². The highest BCUT2D eigenvalue weighted by Crippen LogP contribution is 2.32. The number of pyridine rings is 1. The van der Waals surface area contributed by atoms with E-state index >= 15 is 0 Å². The summed E-state index contributed by atoms with van der Waals surface area (Å²) in [5.74, 6) is 1.10. The number of benzene rings is 1. The van der Waals surface area contributed by atoms with Crippen molar-refractivity contribution in [1.29, 1.82) is 0 Å². The molecule has 1 aromatic heterocycles. The van der Waals surface area contributed by atoms with Gasteiger partial charge in [-0.2, -0.15) is 0 Å². The normalized spacial score (nSPS) is 17.3. The molecule has 2 fully saturated rings. The SMILES string of the molecule is CN(c1ccc(OC2CCN(C(=O)COc3ccccc3)CC2)nc1)S(=O)(=O)C1CC1. The van der Waals surface area contributed by atoms with Crippen molar-refractivity contribution in [3.63, 3.8) is 0 Å². The Kier molecular flexibility index (Phi) is 6.31. The van der Waals surface area contributed by atoms with Gasteiger partial charge in [-0.15, -0.1) is 0 Å². The van der Waals surface area contributed by atoms with Crippen LogP contribution in [0.15, 0.2) is 48.7 Å². The monoisotopic (exact) mass is 445 g/mol. The second-order valence-electron chi connectivity index (χ2n) is 7.87. The molecule has 1 aliphatic heterocycles. The Bertz CT molecular complexity index is 986. The smallest absolute Gasteiger partial charge is 0.260 e. The molecule has 0 spiro atoms. The first-order valence-corrected chi connectivity index (χ1v) is 12.0. The van der Waals surface area contributed by atoms with E-state index in [-0.39, 0.29) is 23.9 Å². The number of carbonyl (C=O) groups is 1. The molecule has 0 unspecified atom stereocenters. The standard InChI is InChI=1S/C22H27N3O5S/c1-24(31(27,28)20-8-9-20)17-7-10-21(23-15-17)30-19-11-13-25(14-12-19)22(26)16-29-18-5-3-2-4-6-18/h2-7,10,15,19-20H,8-9,11-14,16H2,1H3. The van der Waals surface area contributed by atoms with E-state index in [1.165, 1.54) is 10.5 Å². The second kappa shape index (κ2) is 9.13. The summed E-state index contributed by atoms with van der Waals surface area (Å²) >= 11 is 0. The summed E-state index contributed by atoms with van der Waals surface area (Å²) in [6.07, 6.45) is 4.34. The summed E-state index contributed by atoms with van der Waals surface area (Å²) in [6.45, 7) is 1.22. The molecule has 1 saturated carbocycles. The van der Waals surface area contributed by atoms with Crippen molar-refractivity contribution in [2.45, 2.75) is 37.0 Å². The highest BCUT2D eigenvalue weighted by molar-refractivity contribution is 7.93. The van der Waals surface area contributed by atoms with Crippen molar-refractivity contribution < 1.29 is 22.7 Å². The molecule has 4 rings (SSSR count). The lowest BCUT2D eigenvalue weighted by atomic mass is 10.1. The number of carbonyl (C=O) groups excluding carboxylic acids is 1. The number of anilines is 1. The number of hydrogen-bond donors (Lipinski definition) is 0. The van der Waals surface area contributed by atoms with Crippen LogP contribution in [-0.4, -0.2) is 62.3 Å². The summed E-state index contributed by atoms with van der Waals surface area (Å²) < 4.78 is 37.4. The van der Waals surface area contributed by atoms with E-state index in [1.807, 2.05) is 30.3 Å². The van der Waals surface area contributed by atoms with Crippen molar-refractivity contribution in [3.05, 3.63) is 48.7 Å². The first kappa shape index (κ1) is 21.4. The summed E-state index contributed by atoms with van der Waals surface area (Å²) in [5, 5.41) is -0.264. The number of amides is 1. The zero-order valence-electron chi connectivity index (χ0n) is 17.5. The average Bonchev–Trinajstić information content (AvgIpc) is 3.65. The number of nitrogens with zero attached hydrogens (tertiary/aromatic N) is 3. The Morgan fingerprint density at radius 2 is 1.81 bits per heavy atom. The Hall–Kier alpha value is -2.81. The van der Waals surface area contributed by atoms with Gasteiger partial charge in [-0.25, -0.2) is 13.4 Å². The molecule has 2 aliphatic rings.